The van der Waals surface area contributed by atoms with Crippen molar-refractivity contribution in [3.8, 4) is 11.5 Å². The molecule has 7 nitrogen and oxygen atoms in total. The van der Waals surface area contributed by atoms with E-state index in [2.05, 4.69) is 27.9 Å². The third-order valence-corrected chi connectivity index (χ3v) is 6.76. The summed E-state index contributed by atoms with van der Waals surface area (Å²) in [6, 6.07) is 9.19. The van der Waals surface area contributed by atoms with Crippen LogP contribution < -0.4 is 14.8 Å². The summed E-state index contributed by atoms with van der Waals surface area (Å²) in [4.78, 5) is 39.0. The predicted octanol–water partition coefficient (Wildman–Crippen LogP) is 5.38. The number of thioether (sulfide) groups is 1. The van der Waals surface area contributed by atoms with Gasteiger partial charge in [-0.25, -0.2) is 0 Å². The summed E-state index contributed by atoms with van der Waals surface area (Å²) in [6.07, 6.45) is 2.49. The fourth-order valence-corrected chi connectivity index (χ4v) is 4.79. The Labute approximate surface area is 211 Å². The van der Waals surface area contributed by atoms with Gasteiger partial charge in [-0.15, -0.1) is 0 Å². The Kier molecular flexibility index (Phi) is 8.41. The first-order valence-corrected chi connectivity index (χ1v) is 12.3. The van der Waals surface area contributed by atoms with Crippen LogP contribution in [0.15, 0.2) is 35.2 Å². The number of carbonyl (C=O) groups excluding carboxylic acids is 3. The molecule has 0 aromatic heterocycles. The fourth-order valence-electron chi connectivity index (χ4n) is 3.17. The minimum Gasteiger partial charge on any atom is -0.493 e. The third kappa shape index (κ3) is 5.89. The van der Waals surface area contributed by atoms with Gasteiger partial charge in [-0.3, -0.25) is 19.3 Å². The number of halogens is 1. The maximum absolute atomic E-state index is 12.9. The number of nitrogens with zero attached hydrogens (tertiary/aromatic N) is 1. The molecule has 0 bridgehead atoms. The summed E-state index contributed by atoms with van der Waals surface area (Å²) in [5.41, 5.74) is 3.34. The van der Waals surface area contributed by atoms with E-state index >= 15 is 0 Å². The van der Waals surface area contributed by atoms with Crippen LogP contribution in [0.2, 0.25) is 0 Å². The highest BCUT2D eigenvalue weighted by molar-refractivity contribution is 14.1. The number of benzene rings is 2. The van der Waals surface area contributed by atoms with Crippen molar-refractivity contribution in [3.05, 3.63) is 55.5 Å². The number of amides is 3. The second kappa shape index (κ2) is 11.1. The molecule has 1 aliphatic heterocycles. The van der Waals surface area contributed by atoms with Gasteiger partial charge in [0.05, 0.1) is 22.2 Å². The molecular formula is C24H25IN2O5S. The third-order valence-electron chi connectivity index (χ3n) is 5.05. The number of carbonyl (C=O) groups is 3. The van der Waals surface area contributed by atoms with Crippen molar-refractivity contribution in [2.45, 2.75) is 27.2 Å². The number of imide groups is 1. The highest BCUT2D eigenvalue weighted by atomic mass is 127. The first-order valence-electron chi connectivity index (χ1n) is 10.4. The molecule has 2 aromatic carbocycles. The van der Waals surface area contributed by atoms with E-state index in [0.29, 0.717) is 29.4 Å². The summed E-state index contributed by atoms with van der Waals surface area (Å²) in [6.45, 7) is 6.09. The largest absolute Gasteiger partial charge is 0.493 e. The zero-order chi connectivity index (χ0) is 24.1. The van der Waals surface area contributed by atoms with Crippen LogP contribution in [0.1, 0.15) is 30.0 Å². The van der Waals surface area contributed by atoms with E-state index in [0.717, 1.165) is 37.8 Å². The number of nitrogens with one attached hydrogen (secondary N) is 1. The van der Waals surface area contributed by atoms with Crippen molar-refractivity contribution < 1.29 is 23.9 Å². The molecule has 3 amide bonds. The molecular weight excluding hydrogens is 555 g/mol. The molecule has 33 heavy (non-hydrogen) atoms. The Hall–Kier alpha value is -2.53. The van der Waals surface area contributed by atoms with E-state index in [-0.39, 0.29) is 11.4 Å². The van der Waals surface area contributed by atoms with Gasteiger partial charge in [-0.2, -0.15) is 0 Å². The van der Waals surface area contributed by atoms with Crippen LogP contribution in [-0.4, -0.2) is 42.2 Å². The minimum atomic E-state index is -0.499. The second-order valence-electron chi connectivity index (χ2n) is 7.45. The van der Waals surface area contributed by atoms with Crippen LogP contribution in [0.4, 0.5) is 10.5 Å². The van der Waals surface area contributed by atoms with E-state index in [1.54, 1.807) is 25.3 Å². The molecule has 0 aliphatic carbocycles. The molecule has 9 heteroatoms. The number of aryl methyl sites for hydroxylation is 1. The highest BCUT2D eigenvalue weighted by Crippen LogP contribution is 2.37. The second-order valence-corrected chi connectivity index (χ2v) is 9.60. The molecule has 0 atom stereocenters. The van der Waals surface area contributed by atoms with Gasteiger partial charge in [-0.1, -0.05) is 19.1 Å². The summed E-state index contributed by atoms with van der Waals surface area (Å²) < 4.78 is 12.0. The van der Waals surface area contributed by atoms with Gasteiger partial charge in [0.25, 0.3) is 11.1 Å². The smallest absolute Gasteiger partial charge is 0.294 e. The van der Waals surface area contributed by atoms with E-state index in [1.807, 2.05) is 39.0 Å². The maximum atomic E-state index is 12.9. The Morgan fingerprint density at radius 3 is 2.70 bits per heavy atom. The SMILES string of the molecule is CCCOc1c(I)cc(/C=C2\SC(=O)N(CC(=O)Nc3cccc(C)c3C)C2=O)cc1OC. The van der Waals surface area contributed by atoms with Crippen molar-refractivity contribution in [2.24, 2.45) is 0 Å². The van der Waals surface area contributed by atoms with Crippen molar-refractivity contribution >= 4 is 63.2 Å². The van der Waals surface area contributed by atoms with Crippen LogP contribution in [0.25, 0.3) is 6.08 Å². The Morgan fingerprint density at radius 2 is 2.00 bits per heavy atom. The number of anilines is 1. The van der Waals surface area contributed by atoms with E-state index in [4.69, 9.17) is 9.47 Å². The standard InChI is InChI=1S/C24H25IN2O5S/c1-5-9-32-22-17(25)10-16(11-19(22)31-4)12-20-23(29)27(24(30)33-20)13-21(28)26-18-8-6-7-14(2)15(18)3/h6-8,10-12H,5,9,13H2,1-4H3,(H,26,28)/b20-12-. The molecule has 0 unspecified atom stereocenters. The Morgan fingerprint density at radius 1 is 1.24 bits per heavy atom. The lowest BCUT2D eigenvalue weighted by molar-refractivity contribution is -0.127. The summed E-state index contributed by atoms with van der Waals surface area (Å²) in [5.74, 6) is 0.268. The molecule has 1 N–H and O–H groups in total. The average Bonchev–Trinajstić information content (AvgIpc) is 3.03. The normalized spacial score (nSPS) is 14.7. The molecule has 1 heterocycles. The van der Waals surface area contributed by atoms with Gasteiger partial charge in [0.2, 0.25) is 5.91 Å². The van der Waals surface area contributed by atoms with Gasteiger partial charge < -0.3 is 14.8 Å². The zero-order valence-electron chi connectivity index (χ0n) is 18.9. The summed E-state index contributed by atoms with van der Waals surface area (Å²) in [7, 11) is 1.55. The van der Waals surface area contributed by atoms with Crippen LogP contribution in [-0.2, 0) is 9.59 Å². The van der Waals surface area contributed by atoms with Crippen LogP contribution >= 0.6 is 34.4 Å². The van der Waals surface area contributed by atoms with Gasteiger partial charge in [0.1, 0.15) is 6.54 Å². The maximum Gasteiger partial charge on any atom is 0.294 e. The average molecular weight is 580 g/mol. The number of hydrogen-bond acceptors (Lipinski definition) is 6. The van der Waals surface area contributed by atoms with E-state index < -0.39 is 17.1 Å². The quantitative estimate of drug-likeness (QED) is 0.334. The van der Waals surface area contributed by atoms with Gasteiger partial charge >= 0.3 is 0 Å². The van der Waals surface area contributed by atoms with E-state index in [1.165, 1.54) is 0 Å². The first kappa shape index (κ1) is 25.1. The molecule has 174 valence electrons. The topological polar surface area (TPSA) is 84.9 Å². The van der Waals surface area contributed by atoms with Crippen LogP contribution in [0.5, 0.6) is 11.5 Å². The van der Waals surface area contributed by atoms with Crippen molar-refractivity contribution in [2.75, 3.05) is 25.6 Å². The van der Waals surface area contributed by atoms with E-state index in [9.17, 15) is 14.4 Å². The first-order chi connectivity index (χ1) is 15.7. The fraction of sp³-hybridized carbons (Fsp3) is 0.292. The van der Waals surface area contributed by atoms with Crippen molar-refractivity contribution in [3.63, 3.8) is 0 Å². The molecule has 1 saturated heterocycles. The lowest BCUT2D eigenvalue weighted by Crippen LogP contribution is -2.36. The van der Waals surface area contributed by atoms with Crippen LogP contribution in [0, 0.1) is 17.4 Å². The molecule has 3 rings (SSSR count). The highest BCUT2D eigenvalue weighted by Gasteiger charge is 2.36. The Balaban J connectivity index is 1.76. The van der Waals surface area contributed by atoms with Gasteiger partial charge in [0.15, 0.2) is 11.5 Å². The summed E-state index contributed by atoms with van der Waals surface area (Å²) >= 11 is 2.96. The number of rotatable bonds is 8. The minimum absolute atomic E-state index is 0.250. The lowest BCUT2D eigenvalue weighted by atomic mass is 10.1. The summed E-state index contributed by atoms with van der Waals surface area (Å²) in [5, 5.41) is 2.30. The monoisotopic (exact) mass is 580 g/mol. The van der Waals surface area contributed by atoms with Gasteiger partial charge in [-0.05, 0) is 95.6 Å². The van der Waals surface area contributed by atoms with Crippen molar-refractivity contribution in [1.82, 2.24) is 4.90 Å². The molecule has 2 aromatic rings. The van der Waals surface area contributed by atoms with Crippen LogP contribution in [0.3, 0.4) is 0 Å². The molecule has 0 radical (unpaired) electrons. The lowest BCUT2D eigenvalue weighted by Gasteiger charge is -2.14. The van der Waals surface area contributed by atoms with Crippen molar-refractivity contribution in [1.29, 1.82) is 0 Å². The Bertz CT molecular complexity index is 1130. The predicted molar refractivity (Wildman–Crippen MR) is 139 cm³/mol. The zero-order valence-corrected chi connectivity index (χ0v) is 21.8. The molecule has 1 aliphatic rings. The molecule has 0 saturated carbocycles. The molecule has 0 spiro atoms. The number of ether oxygens (including phenoxy) is 2. The molecule has 1 fully saturated rings. The number of hydrogen-bond donors (Lipinski definition) is 1. The van der Waals surface area contributed by atoms with Gasteiger partial charge in [0, 0.05) is 5.69 Å². The number of methoxy groups -OCH3 is 1.